The van der Waals surface area contributed by atoms with E-state index in [0.717, 1.165) is 15.1 Å². The fourth-order valence-electron chi connectivity index (χ4n) is 4.69. The summed E-state index contributed by atoms with van der Waals surface area (Å²) in [4.78, 5) is 27.7. The average molecular weight is 519 g/mol. The molecule has 11 heteroatoms. The summed E-state index contributed by atoms with van der Waals surface area (Å²) in [5.74, 6) is -0.788. The van der Waals surface area contributed by atoms with Crippen LogP contribution < -0.4 is 5.69 Å². The maximum absolute atomic E-state index is 13.4. The van der Waals surface area contributed by atoms with Crippen LogP contribution in [0.1, 0.15) is 45.7 Å². The molecule has 3 heterocycles. The van der Waals surface area contributed by atoms with Gasteiger partial charge in [0, 0.05) is 16.6 Å². The maximum atomic E-state index is 13.4. The Bertz CT molecular complexity index is 1420. The van der Waals surface area contributed by atoms with E-state index >= 15 is 0 Å². The number of nitrogens with zero attached hydrogens (tertiary/aromatic N) is 4. The lowest BCUT2D eigenvalue weighted by molar-refractivity contribution is -0.137. The molecule has 2 bridgehead atoms. The van der Waals surface area contributed by atoms with Gasteiger partial charge in [-0.2, -0.15) is 18.4 Å². The van der Waals surface area contributed by atoms with Gasteiger partial charge in [0.1, 0.15) is 5.69 Å². The number of carbonyl (C=O) groups excluding carboxylic acids is 1. The van der Waals surface area contributed by atoms with Crippen molar-refractivity contribution >= 4 is 21.8 Å². The van der Waals surface area contributed by atoms with Crippen molar-refractivity contribution < 1.29 is 23.1 Å². The Hall–Kier alpha value is -3.52. The summed E-state index contributed by atoms with van der Waals surface area (Å²) in [6.07, 6.45) is -4.38. The Kier molecular flexibility index (Phi) is 4.68. The molecule has 2 unspecified atom stereocenters. The summed E-state index contributed by atoms with van der Waals surface area (Å²) in [5.41, 5.74) is -2.06. The Morgan fingerprint density at radius 1 is 1.21 bits per heavy atom. The largest absolute Gasteiger partial charge is 0.493 e. The number of aromatic hydroxyl groups is 1. The van der Waals surface area contributed by atoms with Crippen LogP contribution in [0.2, 0.25) is 0 Å². The molecular formula is C22H14BrF3N4O3. The molecule has 3 aromatic rings. The van der Waals surface area contributed by atoms with E-state index < -0.39 is 41.0 Å². The molecule has 33 heavy (non-hydrogen) atoms. The zero-order valence-corrected chi connectivity index (χ0v) is 18.3. The molecule has 0 spiro atoms. The molecule has 0 radical (unpaired) electrons. The van der Waals surface area contributed by atoms with E-state index in [1.54, 1.807) is 29.2 Å². The van der Waals surface area contributed by atoms with Crippen LogP contribution in [0.4, 0.5) is 13.2 Å². The number of hydrogen-bond acceptors (Lipinski definition) is 4. The average Bonchev–Trinajstić information content (AvgIpc) is 3.43. The first kappa shape index (κ1) is 21.3. The fraction of sp³-hybridized carbons (Fsp3) is 0.227. The van der Waals surface area contributed by atoms with Gasteiger partial charge in [0.15, 0.2) is 0 Å². The van der Waals surface area contributed by atoms with Gasteiger partial charge in [0.05, 0.1) is 35.0 Å². The van der Waals surface area contributed by atoms with Crippen LogP contribution >= 0.6 is 15.9 Å². The van der Waals surface area contributed by atoms with Crippen molar-refractivity contribution in [3.8, 4) is 17.6 Å². The first-order valence-electron chi connectivity index (χ1n) is 9.86. The normalized spacial score (nSPS) is 18.9. The van der Waals surface area contributed by atoms with Crippen LogP contribution in [-0.4, -0.2) is 31.6 Å². The highest BCUT2D eigenvalue weighted by molar-refractivity contribution is 9.10. The van der Waals surface area contributed by atoms with E-state index in [2.05, 4.69) is 15.9 Å². The second-order valence-corrected chi connectivity index (χ2v) is 8.83. The third kappa shape index (κ3) is 3.16. The first-order chi connectivity index (χ1) is 15.6. The molecule has 2 aliphatic heterocycles. The van der Waals surface area contributed by atoms with E-state index in [4.69, 9.17) is 5.26 Å². The van der Waals surface area contributed by atoms with Gasteiger partial charge in [0.25, 0.3) is 5.91 Å². The van der Waals surface area contributed by atoms with Gasteiger partial charge in [-0.1, -0.05) is 22.0 Å². The Labute approximate surface area is 193 Å². The summed E-state index contributed by atoms with van der Waals surface area (Å²) >= 11 is 3.33. The third-order valence-corrected chi connectivity index (χ3v) is 6.57. The van der Waals surface area contributed by atoms with Crippen molar-refractivity contribution in [3.05, 3.63) is 79.8 Å². The molecule has 7 nitrogen and oxygen atoms in total. The summed E-state index contributed by atoms with van der Waals surface area (Å²) in [7, 11) is 0. The predicted octanol–water partition coefficient (Wildman–Crippen LogP) is 4.14. The van der Waals surface area contributed by atoms with Crippen molar-refractivity contribution in [3.63, 3.8) is 0 Å². The molecule has 0 aliphatic carbocycles. The second-order valence-electron chi connectivity index (χ2n) is 7.91. The van der Waals surface area contributed by atoms with Gasteiger partial charge >= 0.3 is 11.9 Å². The number of amides is 1. The van der Waals surface area contributed by atoms with Gasteiger partial charge in [-0.3, -0.25) is 9.36 Å². The molecule has 1 N–H and O–H groups in total. The second kappa shape index (κ2) is 7.25. The number of fused-ring (bicyclic) bond motifs is 5. The van der Waals surface area contributed by atoms with Crippen LogP contribution in [0.3, 0.4) is 0 Å². The third-order valence-electron chi connectivity index (χ3n) is 6.08. The van der Waals surface area contributed by atoms with Crippen LogP contribution in [0.15, 0.2) is 51.7 Å². The highest BCUT2D eigenvalue weighted by atomic mass is 79.9. The zero-order chi connectivity index (χ0) is 23.7. The number of hydrogen-bond donors (Lipinski definition) is 1. The molecule has 2 atom stereocenters. The number of aromatic nitrogens is 2. The molecule has 2 aromatic carbocycles. The van der Waals surface area contributed by atoms with Gasteiger partial charge in [-0.05, 0) is 42.8 Å². The van der Waals surface area contributed by atoms with E-state index in [1.165, 1.54) is 16.7 Å². The fourth-order valence-corrected chi connectivity index (χ4v) is 5.09. The molecule has 5 rings (SSSR count). The lowest BCUT2D eigenvalue weighted by Crippen LogP contribution is -2.37. The number of rotatable bonds is 2. The minimum Gasteiger partial charge on any atom is -0.493 e. The number of benzene rings is 2. The lowest BCUT2D eigenvalue weighted by atomic mass is 10.1. The quantitative estimate of drug-likeness (QED) is 0.551. The molecular weight excluding hydrogens is 505 g/mol. The van der Waals surface area contributed by atoms with Crippen LogP contribution in [0.5, 0.6) is 5.88 Å². The molecule has 1 fully saturated rings. The summed E-state index contributed by atoms with van der Waals surface area (Å²) in [6.45, 7) is 0.244. The van der Waals surface area contributed by atoms with Gasteiger partial charge in [-0.25, -0.2) is 9.36 Å². The van der Waals surface area contributed by atoms with Crippen molar-refractivity contribution in [1.82, 2.24) is 14.0 Å². The number of likely N-dealkylation sites (tertiary alicyclic amines) is 1. The SMILES string of the molecule is N#Cc1ccc(-n2c(O)c3n(c2=O)C2CC3N(C(=O)c3cccc(Br)c3)C2)cc1C(F)(F)F. The highest BCUT2D eigenvalue weighted by Gasteiger charge is 2.49. The number of imidazole rings is 1. The first-order valence-corrected chi connectivity index (χ1v) is 10.7. The number of carbonyl (C=O) groups is 1. The summed E-state index contributed by atoms with van der Waals surface area (Å²) in [6, 6.07) is 10.1. The van der Waals surface area contributed by atoms with Gasteiger partial charge < -0.3 is 10.0 Å². The summed E-state index contributed by atoms with van der Waals surface area (Å²) < 4.78 is 43.1. The van der Waals surface area contributed by atoms with Gasteiger partial charge in [-0.15, -0.1) is 0 Å². The molecule has 2 aliphatic rings. The van der Waals surface area contributed by atoms with E-state index in [1.807, 2.05) is 0 Å². The van der Waals surface area contributed by atoms with Crippen LogP contribution in [-0.2, 0) is 6.18 Å². The van der Waals surface area contributed by atoms with Crippen LogP contribution in [0.25, 0.3) is 5.69 Å². The van der Waals surface area contributed by atoms with Crippen molar-refractivity contribution in [2.75, 3.05) is 6.54 Å². The maximum Gasteiger partial charge on any atom is 0.417 e. The monoisotopic (exact) mass is 518 g/mol. The van der Waals surface area contributed by atoms with Crippen molar-refractivity contribution in [2.45, 2.75) is 24.7 Å². The Morgan fingerprint density at radius 3 is 2.64 bits per heavy atom. The zero-order valence-electron chi connectivity index (χ0n) is 16.7. The molecule has 1 saturated heterocycles. The number of halogens is 4. The molecule has 1 aromatic heterocycles. The van der Waals surface area contributed by atoms with Gasteiger partial charge in [0.2, 0.25) is 5.88 Å². The smallest absolute Gasteiger partial charge is 0.417 e. The highest BCUT2D eigenvalue weighted by Crippen LogP contribution is 2.49. The lowest BCUT2D eigenvalue weighted by Gasteiger charge is -2.27. The number of alkyl halides is 3. The minimum absolute atomic E-state index is 0.192. The number of nitriles is 1. The van der Waals surface area contributed by atoms with E-state index in [-0.39, 0.29) is 23.8 Å². The molecule has 0 saturated carbocycles. The topological polar surface area (TPSA) is 91.3 Å². The van der Waals surface area contributed by atoms with Crippen molar-refractivity contribution in [2.24, 2.45) is 0 Å². The Morgan fingerprint density at radius 2 is 1.97 bits per heavy atom. The Balaban J connectivity index is 1.58. The summed E-state index contributed by atoms with van der Waals surface area (Å²) in [5, 5.41) is 19.9. The minimum atomic E-state index is -4.81. The van der Waals surface area contributed by atoms with Crippen molar-refractivity contribution in [1.29, 1.82) is 5.26 Å². The van der Waals surface area contributed by atoms with Crippen LogP contribution in [0, 0.1) is 11.3 Å². The predicted molar refractivity (Wildman–Crippen MR) is 113 cm³/mol. The molecule has 1 amide bonds. The standard InChI is InChI=1S/C22H14BrF3N4O3/c23-13-3-1-2-11(6-13)19(31)28-10-15-8-17(28)18-20(32)30(21(33)29(15)18)14-5-4-12(9-27)16(7-14)22(24,25)26/h1-7,15,17,32H,8,10H2. The van der Waals surface area contributed by atoms with E-state index in [9.17, 15) is 27.9 Å². The van der Waals surface area contributed by atoms with E-state index in [0.29, 0.717) is 18.1 Å². The molecule has 168 valence electrons.